The number of hydrogen-bond acceptors (Lipinski definition) is 4. The van der Waals surface area contributed by atoms with Crippen LogP contribution in [0.2, 0.25) is 0 Å². The van der Waals surface area contributed by atoms with Gasteiger partial charge in [0, 0.05) is 36.7 Å². The third-order valence-corrected chi connectivity index (χ3v) is 4.79. The maximum Gasteiger partial charge on any atom is 0.274 e. The minimum Gasteiger partial charge on any atom is -0.351 e. The van der Waals surface area contributed by atoms with E-state index in [-0.39, 0.29) is 22.9 Å². The zero-order valence-corrected chi connectivity index (χ0v) is 16.0. The van der Waals surface area contributed by atoms with Crippen molar-refractivity contribution in [3.05, 3.63) is 53.7 Å². The van der Waals surface area contributed by atoms with E-state index in [1.807, 2.05) is 0 Å². The van der Waals surface area contributed by atoms with Gasteiger partial charge in [0.25, 0.3) is 11.8 Å². The molecule has 0 aliphatic heterocycles. The van der Waals surface area contributed by atoms with Crippen LogP contribution < -0.4 is 5.32 Å². The highest BCUT2D eigenvalue weighted by Gasteiger charge is 2.31. The SMILES string of the molecule is CC(C)CCNC(=O)c1nccnc1SCCC(F)(F)c1ccc(F)cc1. The first-order chi connectivity index (χ1) is 12.8. The van der Waals surface area contributed by atoms with Crippen molar-refractivity contribution in [2.24, 2.45) is 5.92 Å². The molecule has 2 aromatic rings. The van der Waals surface area contributed by atoms with E-state index in [1.165, 1.54) is 12.4 Å². The minimum absolute atomic E-state index is 0.0370. The normalized spacial score (nSPS) is 11.6. The number of amides is 1. The number of nitrogens with zero attached hydrogens (tertiary/aromatic N) is 2. The third kappa shape index (κ3) is 6.53. The molecule has 1 aromatic heterocycles. The predicted molar refractivity (Wildman–Crippen MR) is 99.5 cm³/mol. The summed E-state index contributed by atoms with van der Waals surface area (Å²) in [6.45, 7) is 4.62. The number of carbonyl (C=O) groups is 1. The summed E-state index contributed by atoms with van der Waals surface area (Å²) in [6.07, 6.45) is 3.19. The Morgan fingerprint density at radius 3 is 2.52 bits per heavy atom. The molecular formula is C19H22F3N3OS. The molecule has 0 unspecified atom stereocenters. The molecule has 0 saturated heterocycles. The topological polar surface area (TPSA) is 54.9 Å². The summed E-state index contributed by atoms with van der Waals surface area (Å²) in [5, 5.41) is 3.08. The lowest BCUT2D eigenvalue weighted by Crippen LogP contribution is -2.27. The minimum atomic E-state index is -3.09. The summed E-state index contributed by atoms with van der Waals surface area (Å²) in [5.74, 6) is -3.53. The lowest BCUT2D eigenvalue weighted by atomic mass is 10.1. The van der Waals surface area contributed by atoms with Crippen molar-refractivity contribution < 1.29 is 18.0 Å². The zero-order valence-electron chi connectivity index (χ0n) is 15.2. The van der Waals surface area contributed by atoms with Gasteiger partial charge in [-0.2, -0.15) is 0 Å². The summed E-state index contributed by atoms with van der Waals surface area (Å²) in [7, 11) is 0. The van der Waals surface area contributed by atoms with E-state index in [0.29, 0.717) is 17.5 Å². The number of halogens is 3. The van der Waals surface area contributed by atoms with Crippen LogP contribution in [0.15, 0.2) is 41.7 Å². The number of nitrogens with one attached hydrogen (secondary N) is 1. The Kier molecular flexibility index (Phi) is 7.65. The fourth-order valence-electron chi connectivity index (χ4n) is 2.26. The Balaban J connectivity index is 1.95. The molecule has 0 saturated carbocycles. The molecule has 0 aliphatic carbocycles. The van der Waals surface area contributed by atoms with E-state index in [4.69, 9.17) is 0 Å². The fraction of sp³-hybridized carbons (Fsp3) is 0.421. The van der Waals surface area contributed by atoms with Gasteiger partial charge >= 0.3 is 0 Å². The number of benzene rings is 1. The maximum atomic E-state index is 14.2. The third-order valence-electron chi connectivity index (χ3n) is 3.81. The summed E-state index contributed by atoms with van der Waals surface area (Å²) in [5.41, 5.74) is -0.105. The van der Waals surface area contributed by atoms with Crippen molar-refractivity contribution in [2.75, 3.05) is 12.3 Å². The molecule has 1 amide bonds. The lowest BCUT2D eigenvalue weighted by Gasteiger charge is -2.16. The van der Waals surface area contributed by atoms with Crippen molar-refractivity contribution in [3.63, 3.8) is 0 Å². The molecule has 27 heavy (non-hydrogen) atoms. The van der Waals surface area contributed by atoms with Crippen LogP contribution in [0.5, 0.6) is 0 Å². The quantitative estimate of drug-likeness (QED) is 0.625. The van der Waals surface area contributed by atoms with Crippen molar-refractivity contribution >= 4 is 17.7 Å². The van der Waals surface area contributed by atoms with E-state index in [2.05, 4.69) is 29.1 Å². The predicted octanol–water partition coefficient (Wildman–Crippen LogP) is 4.67. The molecule has 4 nitrogen and oxygen atoms in total. The van der Waals surface area contributed by atoms with Crippen LogP contribution in [0.25, 0.3) is 0 Å². The van der Waals surface area contributed by atoms with Crippen LogP contribution in [-0.2, 0) is 5.92 Å². The molecule has 0 atom stereocenters. The molecular weight excluding hydrogens is 375 g/mol. The number of rotatable bonds is 9. The second-order valence-corrected chi connectivity index (χ2v) is 7.54. The van der Waals surface area contributed by atoms with Crippen molar-refractivity contribution in [3.8, 4) is 0 Å². The van der Waals surface area contributed by atoms with Gasteiger partial charge in [0.15, 0.2) is 5.69 Å². The molecule has 2 rings (SSSR count). The zero-order chi connectivity index (χ0) is 19.9. The van der Waals surface area contributed by atoms with E-state index >= 15 is 0 Å². The first-order valence-electron chi connectivity index (χ1n) is 8.65. The van der Waals surface area contributed by atoms with E-state index in [9.17, 15) is 18.0 Å². The van der Waals surface area contributed by atoms with Gasteiger partial charge in [0.2, 0.25) is 0 Å². The fourth-order valence-corrected chi connectivity index (χ4v) is 3.23. The highest BCUT2D eigenvalue weighted by atomic mass is 32.2. The van der Waals surface area contributed by atoms with Crippen LogP contribution in [0.1, 0.15) is 42.7 Å². The van der Waals surface area contributed by atoms with Gasteiger partial charge in [-0.05, 0) is 24.5 Å². The van der Waals surface area contributed by atoms with Gasteiger partial charge in [0.1, 0.15) is 10.8 Å². The smallest absolute Gasteiger partial charge is 0.274 e. The highest BCUT2D eigenvalue weighted by Crippen LogP contribution is 2.34. The van der Waals surface area contributed by atoms with Crippen molar-refractivity contribution in [1.82, 2.24) is 15.3 Å². The van der Waals surface area contributed by atoms with E-state index < -0.39 is 18.2 Å². The molecule has 146 valence electrons. The Morgan fingerprint density at radius 1 is 1.19 bits per heavy atom. The Bertz CT molecular complexity index is 754. The first kappa shape index (κ1) is 21.2. The number of carbonyl (C=O) groups excluding carboxylic acids is 1. The summed E-state index contributed by atoms with van der Waals surface area (Å²) >= 11 is 1.05. The van der Waals surface area contributed by atoms with Gasteiger partial charge < -0.3 is 5.32 Å². The van der Waals surface area contributed by atoms with Crippen molar-refractivity contribution in [2.45, 2.75) is 37.6 Å². The molecule has 1 N–H and O–H groups in total. The number of alkyl halides is 2. The van der Waals surface area contributed by atoms with Crippen LogP contribution >= 0.6 is 11.8 Å². The number of aromatic nitrogens is 2. The summed E-state index contributed by atoms with van der Waals surface area (Å²) < 4.78 is 41.4. The van der Waals surface area contributed by atoms with Crippen LogP contribution in [0, 0.1) is 11.7 Å². The Hall–Kier alpha value is -2.09. The van der Waals surface area contributed by atoms with Gasteiger partial charge in [0.05, 0.1) is 0 Å². The average molecular weight is 397 g/mol. The Labute approximate surface area is 161 Å². The summed E-state index contributed by atoms with van der Waals surface area (Å²) in [4.78, 5) is 20.4. The largest absolute Gasteiger partial charge is 0.351 e. The average Bonchev–Trinajstić information content (AvgIpc) is 2.62. The molecule has 0 spiro atoms. The van der Waals surface area contributed by atoms with Gasteiger partial charge in [-0.25, -0.2) is 23.1 Å². The first-order valence-corrected chi connectivity index (χ1v) is 9.64. The van der Waals surface area contributed by atoms with Gasteiger partial charge in [-0.15, -0.1) is 11.8 Å². The van der Waals surface area contributed by atoms with Gasteiger partial charge in [-0.3, -0.25) is 4.79 Å². The van der Waals surface area contributed by atoms with Crippen LogP contribution in [0.3, 0.4) is 0 Å². The van der Waals surface area contributed by atoms with E-state index in [1.54, 1.807) is 0 Å². The van der Waals surface area contributed by atoms with Crippen molar-refractivity contribution in [1.29, 1.82) is 0 Å². The number of thioether (sulfide) groups is 1. The molecule has 1 heterocycles. The standard InChI is InChI=1S/C19H22F3N3OS/c1-13(2)7-9-24-17(26)16-18(25-11-10-23-16)27-12-8-19(21,22)14-3-5-15(20)6-4-14/h3-6,10-11,13H,7-9,12H2,1-2H3,(H,24,26). The molecule has 0 radical (unpaired) electrons. The highest BCUT2D eigenvalue weighted by molar-refractivity contribution is 7.99. The Morgan fingerprint density at radius 2 is 1.85 bits per heavy atom. The van der Waals surface area contributed by atoms with E-state index in [0.717, 1.165) is 42.4 Å². The molecule has 0 fully saturated rings. The second kappa shape index (κ2) is 9.73. The molecule has 8 heteroatoms. The van der Waals surface area contributed by atoms with Crippen LogP contribution in [-0.4, -0.2) is 28.2 Å². The molecule has 0 bridgehead atoms. The number of hydrogen-bond donors (Lipinski definition) is 1. The molecule has 1 aromatic carbocycles. The summed E-state index contributed by atoms with van der Waals surface area (Å²) in [6, 6.07) is 4.18. The van der Waals surface area contributed by atoms with Gasteiger partial charge in [-0.1, -0.05) is 26.0 Å². The van der Waals surface area contributed by atoms with Crippen LogP contribution in [0.4, 0.5) is 13.2 Å². The lowest BCUT2D eigenvalue weighted by molar-refractivity contribution is -0.00707. The monoisotopic (exact) mass is 397 g/mol. The second-order valence-electron chi connectivity index (χ2n) is 6.46. The molecule has 0 aliphatic rings. The maximum absolute atomic E-state index is 14.2.